The van der Waals surface area contributed by atoms with E-state index in [1.54, 1.807) is 30.5 Å². The number of para-hydroxylation sites is 1. The van der Waals surface area contributed by atoms with Crippen LogP contribution < -0.4 is 11.1 Å². The van der Waals surface area contributed by atoms with Gasteiger partial charge < -0.3 is 11.1 Å². The van der Waals surface area contributed by atoms with Crippen molar-refractivity contribution in [3.8, 4) is 5.69 Å². The lowest BCUT2D eigenvalue weighted by Crippen LogP contribution is -2.14. The Bertz CT molecular complexity index is 919. The number of nitrogens with zero attached hydrogens (tertiary/aromatic N) is 3. The number of aromatic nitrogens is 3. The molecule has 3 rings (SSSR count). The quantitative estimate of drug-likeness (QED) is 0.732. The second-order valence-corrected chi connectivity index (χ2v) is 5.46. The van der Waals surface area contributed by atoms with Crippen molar-refractivity contribution >= 4 is 11.6 Å². The number of anilines is 1. The maximum atomic E-state index is 12.5. The lowest BCUT2D eigenvalue weighted by Gasteiger charge is -2.08. The number of amides is 1. The predicted molar refractivity (Wildman–Crippen MR) is 88.6 cm³/mol. The molecule has 26 heavy (non-hydrogen) atoms. The van der Waals surface area contributed by atoms with Crippen molar-refractivity contribution in [1.82, 2.24) is 15.0 Å². The highest BCUT2D eigenvalue weighted by molar-refractivity contribution is 5.96. The van der Waals surface area contributed by atoms with Crippen LogP contribution in [-0.4, -0.2) is 20.9 Å². The van der Waals surface area contributed by atoms with Gasteiger partial charge in [0.1, 0.15) is 5.69 Å². The Kier molecular flexibility index (Phi) is 4.61. The number of rotatable bonds is 5. The fraction of sp³-hybridized carbons (Fsp3) is 0.118. The Hall–Kier alpha value is -3.36. The fourth-order valence-corrected chi connectivity index (χ4v) is 2.35. The summed E-state index contributed by atoms with van der Waals surface area (Å²) in [6, 6.07) is 11.4. The summed E-state index contributed by atoms with van der Waals surface area (Å²) in [4.78, 5) is 11.5. The molecule has 0 saturated heterocycles. The van der Waals surface area contributed by atoms with E-state index >= 15 is 0 Å². The molecule has 0 atom stereocenters. The standard InChI is InChI=1S/C17H14F3N5O/c18-17(19,20)11-5-7-12(8-6-11)22-9-13-10-25(24-23-13)15-4-2-1-3-14(15)16(21)26/h1-8,10,22H,9H2,(H2,21,26). The highest BCUT2D eigenvalue weighted by Gasteiger charge is 2.29. The summed E-state index contributed by atoms with van der Waals surface area (Å²) in [6.45, 7) is 0.254. The van der Waals surface area contributed by atoms with Gasteiger partial charge in [-0.2, -0.15) is 13.2 Å². The van der Waals surface area contributed by atoms with Crippen LogP contribution in [-0.2, 0) is 12.7 Å². The Morgan fingerprint density at radius 2 is 1.81 bits per heavy atom. The number of nitrogens with one attached hydrogen (secondary N) is 1. The smallest absolute Gasteiger partial charge is 0.379 e. The van der Waals surface area contributed by atoms with Crippen molar-refractivity contribution in [3.63, 3.8) is 0 Å². The zero-order valence-electron chi connectivity index (χ0n) is 13.4. The number of hydrogen-bond donors (Lipinski definition) is 2. The molecule has 0 saturated carbocycles. The number of benzene rings is 2. The second-order valence-electron chi connectivity index (χ2n) is 5.46. The molecule has 6 nitrogen and oxygen atoms in total. The molecule has 9 heteroatoms. The summed E-state index contributed by atoms with van der Waals surface area (Å²) in [7, 11) is 0. The third-order valence-corrected chi connectivity index (χ3v) is 3.64. The Morgan fingerprint density at radius 1 is 1.12 bits per heavy atom. The minimum atomic E-state index is -4.37. The summed E-state index contributed by atoms with van der Waals surface area (Å²) in [5.41, 5.74) is 6.50. The maximum Gasteiger partial charge on any atom is 0.416 e. The molecule has 0 unspecified atom stereocenters. The summed E-state index contributed by atoms with van der Waals surface area (Å²) in [5, 5.41) is 10.9. The van der Waals surface area contributed by atoms with Crippen LogP contribution in [0.3, 0.4) is 0 Å². The first kappa shape index (κ1) is 17.5. The van der Waals surface area contributed by atoms with Gasteiger partial charge in [0.2, 0.25) is 0 Å². The van der Waals surface area contributed by atoms with Gasteiger partial charge in [-0.05, 0) is 36.4 Å². The Labute approximate surface area is 146 Å². The van der Waals surface area contributed by atoms with Crippen molar-refractivity contribution in [1.29, 1.82) is 0 Å². The predicted octanol–water partition coefficient (Wildman–Crippen LogP) is 3.00. The van der Waals surface area contributed by atoms with Gasteiger partial charge in [-0.1, -0.05) is 17.3 Å². The molecule has 1 heterocycles. The van der Waals surface area contributed by atoms with Crippen molar-refractivity contribution in [2.24, 2.45) is 5.73 Å². The first-order valence-corrected chi connectivity index (χ1v) is 7.56. The van der Waals surface area contributed by atoms with Crippen LogP contribution >= 0.6 is 0 Å². The minimum absolute atomic E-state index is 0.254. The van der Waals surface area contributed by atoms with Gasteiger partial charge in [-0.25, -0.2) is 4.68 Å². The number of primary amides is 1. The van der Waals surface area contributed by atoms with Gasteiger partial charge in [-0.3, -0.25) is 4.79 Å². The van der Waals surface area contributed by atoms with Crippen LogP contribution in [0.15, 0.2) is 54.7 Å². The largest absolute Gasteiger partial charge is 0.416 e. The molecule has 3 aromatic rings. The summed E-state index contributed by atoms with van der Waals surface area (Å²) >= 11 is 0. The minimum Gasteiger partial charge on any atom is -0.379 e. The van der Waals surface area contributed by atoms with Crippen LogP contribution in [0, 0.1) is 0 Å². The number of halogens is 3. The van der Waals surface area contributed by atoms with E-state index in [2.05, 4.69) is 15.6 Å². The van der Waals surface area contributed by atoms with E-state index in [-0.39, 0.29) is 6.54 Å². The van der Waals surface area contributed by atoms with E-state index in [9.17, 15) is 18.0 Å². The van der Waals surface area contributed by atoms with Crippen LogP contribution in [0.5, 0.6) is 0 Å². The summed E-state index contributed by atoms with van der Waals surface area (Å²) in [5.74, 6) is -0.583. The van der Waals surface area contributed by atoms with Crippen LogP contribution in [0.25, 0.3) is 5.69 Å². The maximum absolute atomic E-state index is 12.5. The molecule has 0 spiro atoms. The van der Waals surface area contributed by atoms with E-state index in [1.807, 2.05) is 0 Å². The molecule has 0 bridgehead atoms. The lowest BCUT2D eigenvalue weighted by molar-refractivity contribution is -0.137. The zero-order chi connectivity index (χ0) is 18.7. The lowest BCUT2D eigenvalue weighted by atomic mass is 10.1. The van der Waals surface area contributed by atoms with Gasteiger partial charge in [0.25, 0.3) is 5.91 Å². The van der Waals surface area contributed by atoms with E-state index in [0.29, 0.717) is 22.6 Å². The number of carbonyl (C=O) groups excluding carboxylic acids is 1. The summed E-state index contributed by atoms with van der Waals surface area (Å²) in [6.07, 6.45) is -2.76. The fourth-order valence-electron chi connectivity index (χ4n) is 2.35. The first-order valence-electron chi connectivity index (χ1n) is 7.56. The number of alkyl halides is 3. The van der Waals surface area contributed by atoms with Gasteiger partial charge >= 0.3 is 6.18 Å². The zero-order valence-corrected chi connectivity index (χ0v) is 13.4. The molecule has 0 aliphatic carbocycles. The molecule has 0 fully saturated rings. The topological polar surface area (TPSA) is 85.8 Å². The average Bonchev–Trinajstić information content (AvgIpc) is 3.08. The first-order chi connectivity index (χ1) is 12.3. The molecule has 1 aromatic heterocycles. The normalized spacial score (nSPS) is 11.3. The Morgan fingerprint density at radius 3 is 2.46 bits per heavy atom. The van der Waals surface area contributed by atoms with E-state index in [1.165, 1.54) is 16.8 Å². The van der Waals surface area contributed by atoms with Crippen LogP contribution in [0.4, 0.5) is 18.9 Å². The molecule has 2 aromatic carbocycles. The van der Waals surface area contributed by atoms with Gasteiger partial charge in [0.05, 0.1) is 29.6 Å². The monoisotopic (exact) mass is 361 g/mol. The molecule has 0 radical (unpaired) electrons. The third kappa shape index (κ3) is 3.82. The molecular weight excluding hydrogens is 347 g/mol. The van der Waals surface area contributed by atoms with Crippen molar-refractivity contribution in [3.05, 3.63) is 71.5 Å². The van der Waals surface area contributed by atoms with Crippen LogP contribution in [0.1, 0.15) is 21.6 Å². The van der Waals surface area contributed by atoms with Crippen molar-refractivity contribution < 1.29 is 18.0 Å². The summed E-state index contributed by atoms with van der Waals surface area (Å²) < 4.78 is 39.1. The third-order valence-electron chi connectivity index (χ3n) is 3.64. The van der Waals surface area contributed by atoms with E-state index in [4.69, 9.17) is 5.73 Å². The van der Waals surface area contributed by atoms with Gasteiger partial charge in [-0.15, -0.1) is 5.10 Å². The molecule has 134 valence electrons. The van der Waals surface area contributed by atoms with Crippen molar-refractivity contribution in [2.45, 2.75) is 12.7 Å². The van der Waals surface area contributed by atoms with Crippen molar-refractivity contribution in [2.75, 3.05) is 5.32 Å². The van der Waals surface area contributed by atoms with E-state index in [0.717, 1.165) is 12.1 Å². The Balaban J connectivity index is 1.71. The average molecular weight is 361 g/mol. The highest BCUT2D eigenvalue weighted by atomic mass is 19.4. The molecule has 1 amide bonds. The van der Waals surface area contributed by atoms with E-state index < -0.39 is 17.6 Å². The number of carbonyl (C=O) groups is 1. The second kappa shape index (κ2) is 6.87. The molecule has 0 aliphatic heterocycles. The molecule has 0 aliphatic rings. The number of nitrogens with two attached hydrogens (primary N) is 1. The molecule has 3 N–H and O–H groups in total. The van der Waals surface area contributed by atoms with Gasteiger partial charge in [0, 0.05) is 5.69 Å². The van der Waals surface area contributed by atoms with Crippen LogP contribution in [0.2, 0.25) is 0 Å². The number of hydrogen-bond acceptors (Lipinski definition) is 4. The molecular formula is C17H14F3N5O. The SMILES string of the molecule is NC(=O)c1ccccc1-n1cc(CNc2ccc(C(F)(F)F)cc2)nn1. The van der Waals surface area contributed by atoms with Gasteiger partial charge in [0.15, 0.2) is 0 Å². The highest BCUT2D eigenvalue weighted by Crippen LogP contribution is 2.29.